The number of furan rings is 1. The first kappa shape index (κ1) is 21.2. The molecule has 0 aliphatic rings. The zero-order valence-electron chi connectivity index (χ0n) is 18.0. The molecule has 0 radical (unpaired) electrons. The van der Waals surface area contributed by atoms with E-state index in [2.05, 4.69) is 15.5 Å². The van der Waals surface area contributed by atoms with Crippen molar-refractivity contribution in [1.82, 2.24) is 10.2 Å². The lowest BCUT2D eigenvalue weighted by Gasteiger charge is -2.10. The van der Waals surface area contributed by atoms with Crippen LogP contribution in [-0.2, 0) is 22.6 Å². The summed E-state index contributed by atoms with van der Waals surface area (Å²) in [5.41, 5.74) is 4.02. The van der Waals surface area contributed by atoms with Crippen LogP contribution in [0.15, 0.2) is 19.7 Å². The number of hydrogen-bond donors (Lipinski definition) is 1. The number of carbonyl (C=O) groups excluding carboxylic acids is 1. The number of fused-ring (bicyclic) bond motifs is 2. The second-order valence-corrected chi connectivity index (χ2v) is 8.58. The summed E-state index contributed by atoms with van der Waals surface area (Å²) in [5.74, 6) is 0.600. The maximum Gasteiger partial charge on any atom is 0.339 e. The molecule has 0 spiro atoms. The molecule has 0 atom stereocenters. The summed E-state index contributed by atoms with van der Waals surface area (Å²) in [4.78, 5) is 25.1. The molecule has 0 aliphatic carbocycles. The molecule has 3 aromatic heterocycles. The summed E-state index contributed by atoms with van der Waals surface area (Å²) < 4.78 is 16.5. The Morgan fingerprint density at radius 3 is 2.52 bits per heavy atom. The quantitative estimate of drug-likeness (QED) is 0.443. The fraction of sp³-hybridized carbons (Fsp3) is 0.364. The van der Waals surface area contributed by atoms with Crippen LogP contribution in [0.4, 0.5) is 5.13 Å². The van der Waals surface area contributed by atoms with Crippen molar-refractivity contribution in [2.45, 2.75) is 47.1 Å². The Labute approximate surface area is 182 Å². The van der Waals surface area contributed by atoms with Gasteiger partial charge in [0.25, 0.3) is 0 Å². The minimum atomic E-state index is -0.432. The number of carbonyl (C=O) groups is 1. The number of nitrogens with one attached hydrogen (secondary N) is 1. The van der Waals surface area contributed by atoms with Crippen LogP contribution in [0.2, 0.25) is 0 Å². The Morgan fingerprint density at radius 2 is 1.77 bits per heavy atom. The summed E-state index contributed by atoms with van der Waals surface area (Å²) in [6, 6.07) is 2.00. The van der Waals surface area contributed by atoms with Gasteiger partial charge in [-0.3, -0.25) is 4.79 Å². The highest BCUT2D eigenvalue weighted by molar-refractivity contribution is 7.15. The second kappa shape index (κ2) is 8.24. The first-order chi connectivity index (χ1) is 14.8. The van der Waals surface area contributed by atoms with Crippen LogP contribution >= 0.6 is 11.3 Å². The van der Waals surface area contributed by atoms with Gasteiger partial charge in [-0.25, -0.2) is 4.79 Å². The molecule has 0 saturated heterocycles. The van der Waals surface area contributed by atoms with Gasteiger partial charge in [0.2, 0.25) is 11.0 Å². The number of anilines is 1. The van der Waals surface area contributed by atoms with E-state index in [1.165, 1.54) is 11.3 Å². The van der Waals surface area contributed by atoms with Crippen molar-refractivity contribution < 1.29 is 18.4 Å². The molecule has 9 heteroatoms. The SMILES string of the molecule is COCc1nnc(NC(=O)CCc2c(C)c3cc4c(C)c(C)oc4c(C)c3oc2=O)s1. The molecule has 3 heterocycles. The van der Waals surface area contributed by atoms with Gasteiger partial charge in [0.15, 0.2) is 0 Å². The van der Waals surface area contributed by atoms with Gasteiger partial charge in [-0.2, -0.15) is 0 Å². The fourth-order valence-corrected chi connectivity index (χ4v) is 4.42. The zero-order valence-corrected chi connectivity index (χ0v) is 18.9. The van der Waals surface area contributed by atoms with Gasteiger partial charge in [-0.1, -0.05) is 11.3 Å². The molecule has 162 valence electrons. The van der Waals surface area contributed by atoms with Crippen molar-refractivity contribution in [1.29, 1.82) is 0 Å². The molecule has 8 nitrogen and oxygen atoms in total. The van der Waals surface area contributed by atoms with Crippen LogP contribution in [-0.4, -0.2) is 23.2 Å². The third kappa shape index (κ3) is 3.86. The molecule has 1 N–H and O–H groups in total. The lowest BCUT2D eigenvalue weighted by Crippen LogP contribution is -2.16. The number of rotatable bonds is 6. The van der Waals surface area contributed by atoms with Gasteiger partial charge in [-0.05, 0) is 51.3 Å². The monoisotopic (exact) mass is 441 g/mol. The van der Waals surface area contributed by atoms with Crippen LogP contribution in [0, 0.1) is 27.7 Å². The second-order valence-electron chi connectivity index (χ2n) is 7.51. The molecule has 1 aromatic carbocycles. The van der Waals surface area contributed by atoms with E-state index < -0.39 is 5.63 Å². The highest BCUT2D eigenvalue weighted by Crippen LogP contribution is 2.34. The predicted molar refractivity (Wildman–Crippen MR) is 119 cm³/mol. The number of amides is 1. The molecule has 1 amide bonds. The van der Waals surface area contributed by atoms with Gasteiger partial charge in [0, 0.05) is 35.4 Å². The lowest BCUT2D eigenvalue weighted by molar-refractivity contribution is -0.116. The van der Waals surface area contributed by atoms with E-state index in [0.29, 0.717) is 27.9 Å². The molecular formula is C22H23N3O5S. The number of hydrogen-bond acceptors (Lipinski definition) is 8. The van der Waals surface area contributed by atoms with Crippen molar-refractivity contribution in [3.05, 3.63) is 49.5 Å². The van der Waals surface area contributed by atoms with Crippen LogP contribution in [0.1, 0.15) is 39.4 Å². The van der Waals surface area contributed by atoms with Gasteiger partial charge >= 0.3 is 5.63 Å². The number of benzene rings is 1. The van der Waals surface area contributed by atoms with Crippen LogP contribution in [0.5, 0.6) is 0 Å². The van der Waals surface area contributed by atoms with E-state index in [1.807, 2.05) is 33.8 Å². The summed E-state index contributed by atoms with van der Waals surface area (Å²) in [6.45, 7) is 8.05. The predicted octanol–water partition coefficient (Wildman–Crippen LogP) is 4.34. The Kier molecular flexibility index (Phi) is 5.63. The van der Waals surface area contributed by atoms with E-state index in [-0.39, 0.29) is 18.7 Å². The molecule has 4 aromatic rings. The van der Waals surface area contributed by atoms with Crippen LogP contribution < -0.4 is 10.9 Å². The highest BCUT2D eigenvalue weighted by Gasteiger charge is 2.19. The number of nitrogens with zero attached hydrogens (tertiary/aromatic N) is 2. The van der Waals surface area contributed by atoms with Gasteiger partial charge in [0.05, 0.1) is 0 Å². The average Bonchev–Trinajstić information content (AvgIpc) is 3.28. The van der Waals surface area contributed by atoms with Crippen molar-refractivity contribution in [3.8, 4) is 0 Å². The molecule has 0 aliphatic heterocycles. The summed E-state index contributed by atoms with van der Waals surface area (Å²) in [5, 5.41) is 13.5. The van der Waals surface area contributed by atoms with Gasteiger partial charge < -0.3 is 18.9 Å². The molecule has 0 bridgehead atoms. The molecule has 0 fully saturated rings. The van der Waals surface area contributed by atoms with Crippen molar-refractivity contribution >= 4 is 44.3 Å². The Bertz CT molecular complexity index is 1370. The van der Waals surface area contributed by atoms with E-state index in [1.54, 1.807) is 7.11 Å². The average molecular weight is 442 g/mol. The molecule has 0 unspecified atom stereocenters. The molecule has 4 rings (SSSR count). The number of aryl methyl sites for hydroxylation is 4. The third-order valence-corrected chi connectivity index (χ3v) is 6.34. The number of aromatic nitrogens is 2. The number of ether oxygens (including phenoxy) is 1. The third-order valence-electron chi connectivity index (χ3n) is 5.53. The first-order valence-corrected chi connectivity index (χ1v) is 10.7. The first-order valence-electron chi connectivity index (χ1n) is 9.87. The molecule has 0 saturated carbocycles. The zero-order chi connectivity index (χ0) is 22.3. The standard InChI is InChI=1S/C22H23N3O5S/c1-10-13(4)29-19-12(3)20-16(8-15(10)19)11(2)14(21(27)30-20)6-7-17(26)23-22-25-24-18(31-22)9-28-5/h8H,6-7,9H2,1-5H3,(H,23,25,26). The Balaban J connectivity index is 1.61. The largest absolute Gasteiger partial charge is 0.461 e. The Morgan fingerprint density at radius 1 is 1.06 bits per heavy atom. The van der Waals surface area contributed by atoms with Crippen molar-refractivity contribution in [2.75, 3.05) is 12.4 Å². The minimum Gasteiger partial charge on any atom is -0.461 e. The van der Waals surface area contributed by atoms with E-state index >= 15 is 0 Å². The van der Waals surface area contributed by atoms with Crippen LogP contribution in [0.25, 0.3) is 21.9 Å². The van der Waals surface area contributed by atoms with Gasteiger partial charge in [-0.15, -0.1) is 10.2 Å². The normalized spacial score (nSPS) is 11.5. The van der Waals surface area contributed by atoms with Crippen molar-refractivity contribution in [3.63, 3.8) is 0 Å². The minimum absolute atomic E-state index is 0.126. The Hall–Kier alpha value is -3.04. The van der Waals surface area contributed by atoms with E-state index in [4.69, 9.17) is 13.6 Å². The smallest absolute Gasteiger partial charge is 0.339 e. The topological polar surface area (TPSA) is 107 Å². The fourth-order valence-electron chi connectivity index (χ4n) is 3.69. The molecule has 31 heavy (non-hydrogen) atoms. The molecular weight excluding hydrogens is 418 g/mol. The summed E-state index contributed by atoms with van der Waals surface area (Å²) >= 11 is 1.25. The van der Waals surface area contributed by atoms with Crippen LogP contribution in [0.3, 0.4) is 0 Å². The maximum absolute atomic E-state index is 12.7. The van der Waals surface area contributed by atoms with Gasteiger partial charge in [0.1, 0.15) is 28.5 Å². The lowest BCUT2D eigenvalue weighted by atomic mass is 9.98. The highest BCUT2D eigenvalue weighted by atomic mass is 32.1. The maximum atomic E-state index is 12.7. The summed E-state index contributed by atoms with van der Waals surface area (Å²) in [6.07, 6.45) is 0.390. The number of methoxy groups -OCH3 is 1. The van der Waals surface area contributed by atoms with E-state index in [0.717, 1.165) is 38.8 Å². The van der Waals surface area contributed by atoms with E-state index in [9.17, 15) is 9.59 Å². The van der Waals surface area contributed by atoms with Crippen molar-refractivity contribution in [2.24, 2.45) is 0 Å². The summed E-state index contributed by atoms with van der Waals surface area (Å²) in [7, 11) is 1.57.